The van der Waals surface area contributed by atoms with Gasteiger partial charge in [0.1, 0.15) is 18.8 Å². The minimum atomic E-state index is -1.81. The molecule has 0 bridgehead atoms. The molecule has 1 aliphatic heterocycles. The molecule has 0 radical (unpaired) electrons. The summed E-state index contributed by atoms with van der Waals surface area (Å²) in [5.41, 5.74) is 4.00. The van der Waals surface area contributed by atoms with E-state index in [9.17, 15) is 5.11 Å². The Bertz CT molecular complexity index is 1320. The van der Waals surface area contributed by atoms with Gasteiger partial charge in [0.2, 0.25) is 5.79 Å². The van der Waals surface area contributed by atoms with Gasteiger partial charge in [-0.05, 0) is 30.0 Å². The standard InChI is InChI=1S/C32H34N2O5/c1-3-28-29(36-20-24-13-7-4-8-14-24)30(37-21-25-15-9-5-10-16-25)32(35,39-28)27-19-33-31(34-23(27)2)38-22-26-17-11-6-12-18-26/h4-19,28-30,35H,3,20-22H2,1-2H3/t28-,29?,30+,32?/m1/s1. The van der Waals surface area contributed by atoms with Crippen molar-refractivity contribution in [2.75, 3.05) is 0 Å². The summed E-state index contributed by atoms with van der Waals surface area (Å²) in [5, 5.41) is 12.1. The normalized spacial score (nSPS) is 22.6. The van der Waals surface area contributed by atoms with Crippen LogP contribution in [0.3, 0.4) is 0 Å². The van der Waals surface area contributed by atoms with E-state index < -0.39 is 24.1 Å². The van der Waals surface area contributed by atoms with Crippen LogP contribution in [-0.2, 0) is 39.8 Å². The largest absolute Gasteiger partial charge is 0.459 e. The first-order valence-electron chi connectivity index (χ1n) is 13.3. The molecule has 202 valence electrons. The smallest absolute Gasteiger partial charge is 0.316 e. The molecule has 0 aliphatic carbocycles. The second-order valence-corrected chi connectivity index (χ2v) is 9.67. The Morgan fingerprint density at radius 3 is 1.87 bits per heavy atom. The van der Waals surface area contributed by atoms with Crippen molar-refractivity contribution in [3.8, 4) is 6.01 Å². The highest BCUT2D eigenvalue weighted by atomic mass is 16.7. The molecule has 4 atom stereocenters. The number of rotatable bonds is 11. The maximum absolute atomic E-state index is 12.1. The fourth-order valence-electron chi connectivity index (χ4n) is 4.83. The molecule has 1 N–H and O–H groups in total. The minimum absolute atomic E-state index is 0.229. The van der Waals surface area contributed by atoms with Gasteiger partial charge in [-0.1, -0.05) is 97.9 Å². The number of nitrogens with zero attached hydrogens (tertiary/aromatic N) is 2. The Labute approximate surface area is 229 Å². The summed E-state index contributed by atoms with van der Waals surface area (Å²) in [7, 11) is 0. The minimum Gasteiger partial charge on any atom is -0.459 e. The molecule has 1 aromatic heterocycles. The third-order valence-electron chi connectivity index (χ3n) is 6.90. The Morgan fingerprint density at radius 2 is 1.33 bits per heavy atom. The lowest BCUT2D eigenvalue weighted by Gasteiger charge is -2.31. The average molecular weight is 527 g/mol. The lowest BCUT2D eigenvalue weighted by Crippen LogP contribution is -2.44. The Balaban J connectivity index is 1.40. The molecular weight excluding hydrogens is 492 g/mol. The van der Waals surface area contributed by atoms with Crippen molar-refractivity contribution < 1.29 is 24.1 Å². The van der Waals surface area contributed by atoms with E-state index in [0.717, 1.165) is 16.7 Å². The average Bonchev–Trinajstić information content (AvgIpc) is 3.26. The van der Waals surface area contributed by atoms with Gasteiger partial charge in [0, 0.05) is 6.20 Å². The van der Waals surface area contributed by atoms with E-state index in [1.54, 1.807) is 13.1 Å². The number of ether oxygens (including phenoxy) is 4. The molecular formula is C32H34N2O5. The van der Waals surface area contributed by atoms with Gasteiger partial charge in [0.05, 0.1) is 30.6 Å². The number of benzene rings is 3. The van der Waals surface area contributed by atoms with Crippen molar-refractivity contribution in [1.29, 1.82) is 0 Å². The monoisotopic (exact) mass is 526 g/mol. The van der Waals surface area contributed by atoms with Gasteiger partial charge in [-0.2, -0.15) is 0 Å². The predicted molar refractivity (Wildman–Crippen MR) is 147 cm³/mol. The second-order valence-electron chi connectivity index (χ2n) is 9.67. The Hall–Kier alpha value is -3.62. The van der Waals surface area contributed by atoms with Crippen LogP contribution in [0.4, 0.5) is 0 Å². The van der Waals surface area contributed by atoms with E-state index >= 15 is 0 Å². The first-order valence-corrected chi connectivity index (χ1v) is 13.3. The van der Waals surface area contributed by atoms with E-state index in [1.165, 1.54) is 0 Å². The summed E-state index contributed by atoms with van der Waals surface area (Å²) >= 11 is 0. The highest BCUT2D eigenvalue weighted by Gasteiger charge is 2.57. The quantitative estimate of drug-likeness (QED) is 0.277. The van der Waals surface area contributed by atoms with Crippen LogP contribution >= 0.6 is 0 Å². The van der Waals surface area contributed by atoms with Crippen LogP contribution in [0.25, 0.3) is 0 Å². The SMILES string of the molecule is CC[C@H]1OC(O)(c2cnc(OCc3ccccc3)nc2C)[C@@H](OCc2ccccc2)C1OCc1ccccc1. The van der Waals surface area contributed by atoms with E-state index in [0.29, 0.717) is 30.9 Å². The third-order valence-corrected chi connectivity index (χ3v) is 6.90. The van der Waals surface area contributed by atoms with Crippen LogP contribution in [0.5, 0.6) is 6.01 Å². The highest BCUT2D eigenvalue weighted by molar-refractivity contribution is 5.27. The van der Waals surface area contributed by atoms with Gasteiger partial charge in [0.15, 0.2) is 0 Å². The maximum Gasteiger partial charge on any atom is 0.316 e. The van der Waals surface area contributed by atoms with E-state index in [-0.39, 0.29) is 12.6 Å². The highest BCUT2D eigenvalue weighted by Crippen LogP contribution is 2.43. The Kier molecular flexibility index (Phi) is 8.64. The number of aryl methyl sites for hydroxylation is 1. The summed E-state index contributed by atoms with van der Waals surface area (Å²) in [4.78, 5) is 8.93. The van der Waals surface area contributed by atoms with Crippen LogP contribution < -0.4 is 4.74 Å². The predicted octanol–water partition coefficient (Wildman–Crippen LogP) is 5.49. The van der Waals surface area contributed by atoms with E-state index in [2.05, 4.69) is 9.97 Å². The molecule has 0 amide bonds. The van der Waals surface area contributed by atoms with Gasteiger partial charge in [-0.3, -0.25) is 0 Å². The van der Waals surface area contributed by atoms with Gasteiger partial charge >= 0.3 is 6.01 Å². The molecule has 2 heterocycles. The molecule has 39 heavy (non-hydrogen) atoms. The third kappa shape index (κ3) is 6.34. The van der Waals surface area contributed by atoms with Gasteiger partial charge in [0.25, 0.3) is 0 Å². The molecule has 1 fully saturated rings. The molecule has 1 saturated heterocycles. The fraction of sp³-hybridized carbons (Fsp3) is 0.312. The Morgan fingerprint density at radius 1 is 0.795 bits per heavy atom. The summed E-state index contributed by atoms with van der Waals surface area (Å²) in [5.74, 6) is -1.81. The van der Waals surface area contributed by atoms with Crippen molar-refractivity contribution >= 4 is 0 Å². The first kappa shape index (κ1) is 27.0. The van der Waals surface area contributed by atoms with Crippen molar-refractivity contribution in [3.63, 3.8) is 0 Å². The fourth-order valence-corrected chi connectivity index (χ4v) is 4.83. The van der Waals surface area contributed by atoms with E-state index in [1.807, 2.05) is 97.9 Å². The van der Waals surface area contributed by atoms with Crippen LogP contribution in [0.2, 0.25) is 0 Å². The second kappa shape index (κ2) is 12.5. The van der Waals surface area contributed by atoms with Crippen LogP contribution in [0, 0.1) is 6.92 Å². The molecule has 4 aromatic rings. The van der Waals surface area contributed by atoms with Gasteiger partial charge in [-0.15, -0.1) is 0 Å². The van der Waals surface area contributed by atoms with Crippen molar-refractivity contribution in [1.82, 2.24) is 9.97 Å². The molecule has 0 spiro atoms. The molecule has 0 saturated carbocycles. The molecule has 3 aromatic carbocycles. The summed E-state index contributed by atoms with van der Waals surface area (Å²) in [6.45, 7) is 4.82. The maximum atomic E-state index is 12.1. The van der Waals surface area contributed by atoms with Crippen molar-refractivity contribution in [2.24, 2.45) is 0 Å². The summed E-state index contributed by atoms with van der Waals surface area (Å²) in [6.07, 6.45) is 0.467. The number of hydrogen-bond acceptors (Lipinski definition) is 7. The van der Waals surface area contributed by atoms with E-state index in [4.69, 9.17) is 18.9 Å². The zero-order valence-corrected chi connectivity index (χ0v) is 22.3. The number of aromatic nitrogens is 2. The van der Waals surface area contributed by atoms with Crippen molar-refractivity contribution in [2.45, 2.75) is 64.2 Å². The molecule has 7 nitrogen and oxygen atoms in total. The van der Waals surface area contributed by atoms with Crippen LogP contribution in [0.15, 0.2) is 97.2 Å². The van der Waals surface area contributed by atoms with Crippen LogP contribution in [-0.4, -0.2) is 33.4 Å². The zero-order chi connectivity index (χ0) is 27.1. The topological polar surface area (TPSA) is 82.9 Å². The van der Waals surface area contributed by atoms with Crippen molar-refractivity contribution in [3.05, 3.63) is 125 Å². The van der Waals surface area contributed by atoms with Crippen LogP contribution in [0.1, 0.15) is 41.3 Å². The number of aliphatic hydroxyl groups is 1. The summed E-state index contributed by atoms with van der Waals surface area (Å²) in [6, 6.07) is 29.8. The molecule has 1 aliphatic rings. The first-order chi connectivity index (χ1) is 19.1. The number of hydrogen-bond donors (Lipinski definition) is 1. The molecule has 7 heteroatoms. The lowest BCUT2D eigenvalue weighted by atomic mass is 9.96. The zero-order valence-electron chi connectivity index (χ0n) is 22.3. The molecule has 2 unspecified atom stereocenters. The lowest BCUT2D eigenvalue weighted by molar-refractivity contribution is -0.250. The van der Waals surface area contributed by atoms with Gasteiger partial charge in [-0.25, -0.2) is 9.97 Å². The molecule has 5 rings (SSSR count). The van der Waals surface area contributed by atoms with Gasteiger partial charge < -0.3 is 24.1 Å². The summed E-state index contributed by atoms with van der Waals surface area (Å²) < 4.78 is 24.9.